The summed E-state index contributed by atoms with van der Waals surface area (Å²) in [5.41, 5.74) is 8.07. The molecule has 1 unspecified atom stereocenters. The summed E-state index contributed by atoms with van der Waals surface area (Å²) < 4.78 is 6.86. The molecule has 1 aromatic carbocycles. The molecule has 0 spiro atoms. The van der Waals surface area contributed by atoms with Gasteiger partial charge >= 0.3 is 0 Å². The largest absolute Gasteiger partial charge is 0.493 e. The third-order valence-corrected chi connectivity index (χ3v) is 3.69. The van der Waals surface area contributed by atoms with Crippen molar-refractivity contribution in [2.75, 3.05) is 6.61 Å². The Morgan fingerprint density at radius 2 is 2.15 bits per heavy atom. The lowest BCUT2D eigenvalue weighted by Gasteiger charge is -2.11. The maximum atomic E-state index is 5.85. The van der Waals surface area contributed by atoms with Crippen LogP contribution in [0.1, 0.15) is 18.2 Å². The number of pyridine rings is 1. The van der Waals surface area contributed by atoms with Crippen LogP contribution in [0.5, 0.6) is 5.75 Å². The zero-order valence-electron chi connectivity index (χ0n) is 11.6. The minimum atomic E-state index is 0.134. The molecule has 1 aromatic heterocycles. The van der Waals surface area contributed by atoms with Crippen LogP contribution in [0.4, 0.5) is 0 Å². The van der Waals surface area contributed by atoms with Crippen LogP contribution < -0.4 is 10.5 Å². The van der Waals surface area contributed by atoms with E-state index in [9.17, 15) is 0 Å². The molecule has 2 N–H and O–H groups in total. The molecule has 0 aliphatic carbocycles. The fourth-order valence-electron chi connectivity index (χ4n) is 1.96. The van der Waals surface area contributed by atoms with Crippen LogP contribution in [0.3, 0.4) is 0 Å². The highest BCUT2D eigenvalue weighted by molar-refractivity contribution is 9.10. The lowest BCUT2D eigenvalue weighted by molar-refractivity contribution is 0.320. The molecule has 106 valence electrons. The van der Waals surface area contributed by atoms with Crippen molar-refractivity contribution in [1.29, 1.82) is 0 Å². The van der Waals surface area contributed by atoms with Crippen LogP contribution in [0.2, 0.25) is 0 Å². The molecule has 3 nitrogen and oxygen atoms in total. The summed E-state index contributed by atoms with van der Waals surface area (Å²) in [6.45, 7) is 2.62. The van der Waals surface area contributed by atoms with Crippen LogP contribution in [-0.4, -0.2) is 17.6 Å². The molecule has 1 heterocycles. The van der Waals surface area contributed by atoms with Gasteiger partial charge in [-0.1, -0.05) is 22.0 Å². The number of ether oxygens (including phenoxy) is 1. The number of rotatable bonds is 6. The topological polar surface area (TPSA) is 48.1 Å². The summed E-state index contributed by atoms with van der Waals surface area (Å²) >= 11 is 3.54. The van der Waals surface area contributed by atoms with E-state index < -0.39 is 0 Å². The Morgan fingerprint density at radius 1 is 1.30 bits per heavy atom. The molecule has 0 saturated heterocycles. The molecule has 0 radical (unpaired) electrons. The number of hydrogen-bond donors (Lipinski definition) is 1. The Bertz CT molecular complexity index is 543. The molecular weight excluding hydrogens is 316 g/mol. The molecule has 0 bridgehead atoms. The Hall–Kier alpha value is -1.39. The van der Waals surface area contributed by atoms with Crippen molar-refractivity contribution in [3.05, 3.63) is 58.3 Å². The van der Waals surface area contributed by atoms with Gasteiger partial charge in [0.05, 0.1) is 6.61 Å². The van der Waals surface area contributed by atoms with Crippen LogP contribution in [0.25, 0.3) is 0 Å². The maximum Gasteiger partial charge on any atom is 0.119 e. The van der Waals surface area contributed by atoms with E-state index in [1.54, 1.807) is 6.20 Å². The van der Waals surface area contributed by atoms with Gasteiger partial charge in [-0.3, -0.25) is 4.98 Å². The van der Waals surface area contributed by atoms with E-state index in [1.165, 1.54) is 5.56 Å². The quantitative estimate of drug-likeness (QED) is 0.881. The predicted octanol–water partition coefficient (Wildman–Crippen LogP) is 3.36. The van der Waals surface area contributed by atoms with Gasteiger partial charge in [0.1, 0.15) is 5.75 Å². The normalized spacial score (nSPS) is 12.2. The van der Waals surface area contributed by atoms with Crippen molar-refractivity contribution in [1.82, 2.24) is 4.98 Å². The van der Waals surface area contributed by atoms with E-state index >= 15 is 0 Å². The highest BCUT2D eigenvalue weighted by atomic mass is 79.9. The highest BCUT2D eigenvalue weighted by Crippen LogP contribution is 2.23. The van der Waals surface area contributed by atoms with E-state index in [1.807, 2.05) is 43.3 Å². The molecule has 0 aliphatic heterocycles. The number of halogens is 1. The minimum Gasteiger partial charge on any atom is -0.493 e. The number of nitrogens with zero attached hydrogens (tertiary/aromatic N) is 1. The molecular formula is C16H19BrN2O. The van der Waals surface area contributed by atoms with Crippen LogP contribution >= 0.6 is 15.9 Å². The van der Waals surface area contributed by atoms with Gasteiger partial charge in [0.25, 0.3) is 0 Å². The number of benzene rings is 1. The predicted molar refractivity (Wildman–Crippen MR) is 84.9 cm³/mol. The van der Waals surface area contributed by atoms with E-state index in [0.717, 1.165) is 28.8 Å². The van der Waals surface area contributed by atoms with E-state index in [0.29, 0.717) is 6.61 Å². The molecule has 20 heavy (non-hydrogen) atoms. The molecule has 0 fully saturated rings. The number of hydrogen-bond acceptors (Lipinski definition) is 3. The van der Waals surface area contributed by atoms with Gasteiger partial charge in [0.2, 0.25) is 0 Å². The number of aromatic nitrogens is 1. The summed E-state index contributed by atoms with van der Waals surface area (Å²) in [6.07, 6.45) is 3.44. The van der Waals surface area contributed by atoms with Crippen LogP contribution in [0.15, 0.2) is 47.1 Å². The minimum absolute atomic E-state index is 0.134. The van der Waals surface area contributed by atoms with Crippen LogP contribution in [0, 0.1) is 0 Å². The summed E-state index contributed by atoms with van der Waals surface area (Å²) in [6, 6.07) is 12.1. The average molecular weight is 335 g/mol. The van der Waals surface area contributed by atoms with Crippen molar-refractivity contribution in [3.63, 3.8) is 0 Å². The third kappa shape index (κ3) is 4.62. The van der Waals surface area contributed by atoms with Gasteiger partial charge in [0.15, 0.2) is 0 Å². The molecule has 2 aromatic rings. The summed E-state index contributed by atoms with van der Waals surface area (Å²) in [7, 11) is 0. The maximum absolute atomic E-state index is 5.85. The SMILES string of the molecule is CC(N)Cc1cc(OCCc2ccccn2)ccc1Br. The second kappa shape index (κ2) is 7.41. The zero-order valence-corrected chi connectivity index (χ0v) is 13.1. The van der Waals surface area contributed by atoms with Gasteiger partial charge < -0.3 is 10.5 Å². The van der Waals surface area contributed by atoms with Crippen molar-refractivity contribution >= 4 is 15.9 Å². The summed E-state index contributed by atoms with van der Waals surface area (Å²) in [5, 5.41) is 0. The van der Waals surface area contributed by atoms with E-state index in [4.69, 9.17) is 10.5 Å². The van der Waals surface area contributed by atoms with Crippen molar-refractivity contribution < 1.29 is 4.74 Å². The molecule has 1 atom stereocenters. The second-order valence-electron chi connectivity index (χ2n) is 4.85. The fraction of sp³-hybridized carbons (Fsp3) is 0.312. The Labute approximate surface area is 128 Å². The van der Waals surface area contributed by atoms with Gasteiger partial charge in [-0.05, 0) is 49.2 Å². The lowest BCUT2D eigenvalue weighted by Crippen LogP contribution is -2.18. The van der Waals surface area contributed by atoms with Crippen molar-refractivity contribution in [2.24, 2.45) is 5.73 Å². The molecule has 4 heteroatoms. The number of nitrogens with two attached hydrogens (primary N) is 1. The molecule has 2 rings (SSSR count). The third-order valence-electron chi connectivity index (χ3n) is 2.91. The van der Waals surface area contributed by atoms with Crippen molar-refractivity contribution in [2.45, 2.75) is 25.8 Å². The van der Waals surface area contributed by atoms with Gasteiger partial charge in [-0.25, -0.2) is 0 Å². The smallest absolute Gasteiger partial charge is 0.119 e. The van der Waals surface area contributed by atoms with Crippen LogP contribution in [-0.2, 0) is 12.8 Å². The average Bonchev–Trinajstić information content (AvgIpc) is 2.43. The standard InChI is InChI=1S/C16H19BrN2O/c1-12(18)10-13-11-15(5-6-16(13)17)20-9-7-14-4-2-3-8-19-14/h2-6,8,11-12H,7,9-10,18H2,1H3. The first-order chi connectivity index (χ1) is 9.65. The molecule has 0 saturated carbocycles. The van der Waals surface area contributed by atoms with Gasteiger partial charge in [-0.15, -0.1) is 0 Å². The first-order valence-electron chi connectivity index (χ1n) is 6.72. The zero-order chi connectivity index (χ0) is 14.4. The molecule has 0 aliphatic rings. The monoisotopic (exact) mass is 334 g/mol. The van der Waals surface area contributed by atoms with Crippen molar-refractivity contribution in [3.8, 4) is 5.75 Å². The Kier molecular flexibility index (Phi) is 5.56. The summed E-state index contributed by atoms with van der Waals surface area (Å²) in [4.78, 5) is 4.28. The Balaban J connectivity index is 1.93. The van der Waals surface area contributed by atoms with Gasteiger partial charge in [-0.2, -0.15) is 0 Å². The summed E-state index contributed by atoms with van der Waals surface area (Å²) in [5.74, 6) is 0.875. The highest BCUT2D eigenvalue weighted by Gasteiger charge is 2.05. The van der Waals surface area contributed by atoms with E-state index in [-0.39, 0.29) is 6.04 Å². The second-order valence-corrected chi connectivity index (χ2v) is 5.71. The first-order valence-corrected chi connectivity index (χ1v) is 7.51. The molecule has 0 amide bonds. The van der Waals surface area contributed by atoms with E-state index in [2.05, 4.69) is 20.9 Å². The lowest BCUT2D eigenvalue weighted by atomic mass is 10.1. The fourth-order valence-corrected chi connectivity index (χ4v) is 2.37. The Morgan fingerprint density at radius 3 is 2.85 bits per heavy atom. The van der Waals surface area contributed by atoms with Gasteiger partial charge in [0, 0.05) is 28.8 Å². The first kappa shape index (κ1) is 15.0.